The highest BCUT2D eigenvalue weighted by atomic mass is 19.4. The second-order valence-corrected chi connectivity index (χ2v) is 4.48. The standard InChI is InChI=1S/C15H17F4N/c1-3-5-6-14(20-9-4-2)12-10-11(15(17,18)19)7-8-13(12)16/h1,7-8,10,14,20H,4-6,9H2,2H3. The van der Waals surface area contributed by atoms with Crippen LogP contribution in [0, 0.1) is 18.2 Å². The molecule has 0 saturated heterocycles. The van der Waals surface area contributed by atoms with Gasteiger partial charge in [-0.2, -0.15) is 13.2 Å². The minimum atomic E-state index is -4.48. The summed E-state index contributed by atoms with van der Waals surface area (Å²) in [5, 5.41) is 3.04. The molecule has 1 atom stereocenters. The van der Waals surface area contributed by atoms with Crippen LogP contribution in [0.3, 0.4) is 0 Å². The summed E-state index contributed by atoms with van der Waals surface area (Å²) in [4.78, 5) is 0. The third-order valence-electron chi connectivity index (χ3n) is 2.92. The Morgan fingerprint density at radius 2 is 2.05 bits per heavy atom. The molecule has 20 heavy (non-hydrogen) atoms. The van der Waals surface area contributed by atoms with Gasteiger partial charge in [-0.15, -0.1) is 12.3 Å². The van der Waals surface area contributed by atoms with Crippen molar-refractivity contribution < 1.29 is 17.6 Å². The molecule has 0 aliphatic carbocycles. The fourth-order valence-corrected chi connectivity index (χ4v) is 1.90. The van der Waals surface area contributed by atoms with Gasteiger partial charge in [-0.1, -0.05) is 6.92 Å². The van der Waals surface area contributed by atoms with Crippen molar-refractivity contribution in [1.82, 2.24) is 5.32 Å². The van der Waals surface area contributed by atoms with Crippen molar-refractivity contribution in [2.75, 3.05) is 6.54 Å². The molecule has 1 N–H and O–H groups in total. The highest BCUT2D eigenvalue weighted by Gasteiger charge is 2.31. The average molecular weight is 287 g/mol. The molecule has 0 bridgehead atoms. The summed E-state index contributed by atoms with van der Waals surface area (Å²) >= 11 is 0. The molecular weight excluding hydrogens is 270 g/mol. The maximum atomic E-state index is 13.8. The molecule has 5 heteroatoms. The van der Waals surface area contributed by atoms with E-state index in [0.717, 1.165) is 24.6 Å². The fraction of sp³-hybridized carbons (Fsp3) is 0.467. The molecule has 0 heterocycles. The molecule has 0 amide bonds. The lowest BCUT2D eigenvalue weighted by atomic mass is 9.99. The van der Waals surface area contributed by atoms with Crippen LogP contribution in [0.5, 0.6) is 0 Å². The Morgan fingerprint density at radius 3 is 2.60 bits per heavy atom. The van der Waals surface area contributed by atoms with Gasteiger partial charge in [-0.3, -0.25) is 0 Å². The maximum Gasteiger partial charge on any atom is 0.416 e. The van der Waals surface area contributed by atoms with Gasteiger partial charge in [0.05, 0.1) is 5.56 Å². The largest absolute Gasteiger partial charge is 0.416 e. The van der Waals surface area contributed by atoms with E-state index in [0.29, 0.717) is 19.4 Å². The van der Waals surface area contributed by atoms with E-state index in [1.165, 1.54) is 0 Å². The molecule has 1 aromatic carbocycles. The van der Waals surface area contributed by atoms with Gasteiger partial charge in [0.1, 0.15) is 5.82 Å². The monoisotopic (exact) mass is 287 g/mol. The number of hydrogen-bond acceptors (Lipinski definition) is 1. The third kappa shape index (κ3) is 4.53. The third-order valence-corrected chi connectivity index (χ3v) is 2.92. The molecule has 0 aromatic heterocycles. The highest BCUT2D eigenvalue weighted by molar-refractivity contribution is 5.29. The number of rotatable bonds is 6. The Labute approximate surface area is 116 Å². The zero-order valence-corrected chi connectivity index (χ0v) is 11.2. The first-order chi connectivity index (χ1) is 9.40. The minimum absolute atomic E-state index is 0.0172. The molecule has 0 spiro atoms. The first kappa shape index (κ1) is 16.5. The van der Waals surface area contributed by atoms with Crippen molar-refractivity contribution >= 4 is 0 Å². The van der Waals surface area contributed by atoms with Gasteiger partial charge in [-0.05, 0) is 37.6 Å². The molecule has 1 rings (SSSR count). The summed E-state index contributed by atoms with van der Waals surface area (Å²) < 4.78 is 51.9. The molecule has 0 fully saturated rings. The summed E-state index contributed by atoms with van der Waals surface area (Å²) in [5.41, 5.74) is -0.832. The Kier molecular flexibility index (Phi) is 6.03. The topological polar surface area (TPSA) is 12.0 Å². The van der Waals surface area contributed by atoms with Gasteiger partial charge in [0.2, 0.25) is 0 Å². The predicted octanol–water partition coefficient (Wildman–Crippen LogP) is 4.30. The van der Waals surface area contributed by atoms with E-state index in [9.17, 15) is 17.6 Å². The second-order valence-electron chi connectivity index (χ2n) is 4.48. The number of nitrogens with one attached hydrogen (secondary N) is 1. The summed E-state index contributed by atoms with van der Waals surface area (Å²) in [5.74, 6) is 1.77. The molecule has 1 nitrogen and oxygen atoms in total. The molecule has 0 aliphatic rings. The highest BCUT2D eigenvalue weighted by Crippen LogP contribution is 2.32. The van der Waals surface area contributed by atoms with Gasteiger partial charge < -0.3 is 5.32 Å². The van der Waals surface area contributed by atoms with Crippen LogP contribution in [0.2, 0.25) is 0 Å². The van der Waals surface area contributed by atoms with Crippen molar-refractivity contribution in [2.24, 2.45) is 0 Å². The lowest BCUT2D eigenvalue weighted by Crippen LogP contribution is -2.23. The quantitative estimate of drug-likeness (QED) is 0.607. The molecule has 0 aliphatic heterocycles. The Morgan fingerprint density at radius 1 is 1.35 bits per heavy atom. The van der Waals surface area contributed by atoms with Crippen LogP contribution < -0.4 is 5.32 Å². The molecule has 1 unspecified atom stereocenters. The van der Waals surface area contributed by atoms with Crippen LogP contribution in [0.4, 0.5) is 17.6 Å². The van der Waals surface area contributed by atoms with E-state index in [2.05, 4.69) is 11.2 Å². The number of benzene rings is 1. The van der Waals surface area contributed by atoms with Crippen LogP contribution in [0.25, 0.3) is 0 Å². The van der Waals surface area contributed by atoms with E-state index >= 15 is 0 Å². The van der Waals surface area contributed by atoms with Gasteiger partial charge in [0.25, 0.3) is 0 Å². The first-order valence-electron chi connectivity index (χ1n) is 6.43. The Bertz CT molecular complexity index is 474. The van der Waals surface area contributed by atoms with Crippen LogP contribution >= 0.6 is 0 Å². The number of terminal acetylenes is 1. The molecule has 110 valence electrons. The predicted molar refractivity (Wildman–Crippen MR) is 70.5 cm³/mol. The summed E-state index contributed by atoms with van der Waals surface area (Å²) in [6, 6.07) is 1.96. The zero-order valence-electron chi connectivity index (χ0n) is 11.2. The molecule has 1 aromatic rings. The number of halogens is 4. The van der Waals surface area contributed by atoms with Crippen molar-refractivity contribution in [3.8, 4) is 12.3 Å². The van der Waals surface area contributed by atoms with Gasteiger partial charge in [0.15, 0.2) is 0 Å². The van der Waals surface area contributed by atoms with Crippen molar-refractivity contribution in [2.45, 2.75) is 38.4 Å². The van der Waals surface area contributed by atoms with Crippen LogP contribution in [-0.4, -0.2) is 6.54 Å². The summed E-state index contributed by atoms with van der Waals surface area (Å²) in [7, 11) is 0. The number of hydrogen-bond donors (Lipinski definition) is 1. The Balaban J connectivity index is 3.07. The summed E-state index contributed by atoms with van der Waals surface area (Å²) in [6.07, 6.45) is 2.26. The first-order valence-corrected chi connectivity index (χ1v) is 6.43. The maximum absolute atomic E-state index is 13.8. The lowest BCUT2D eigenvalue weighted by Gasteiger charge is -2.20. The normalized spacial score (nSPS) is 13.0. The second kappa shape index (κ2) is 7.30. The van der Waals surface area contributed by atoms with Gasteiger partial charge in [-0.25, -0.2) is 4.39 Å². The van der Waals surface area contributed by atoms with Gasteiger partial charge >= 0.3 is 6.18 Å². The van der Waals surface area contributed by atoms with Crippen LogP contribution in [0.15, 0.2) is 18.2 Å². The lowest BCUT2D eigenvalue weighted by molar-refractivity contribution is -0.137. The van der Waals surface area contributed by atoms with Crippen LogP contribution in [0.1, 0.15) is 43.4 Å². The molecule has 0 saturated carbocycles. The fourth-order valence-electron chi connectivity index (χ4n) is 1.90. The van der Waals surface area contributed by atoms with E-state index in [1.807, 2.05) is 6.92 Å². The van der Waals surface area contributed by atoms with Crippen molar-refractivity contribution in [3.05, 3.63) is 35.1 Å². The minimum Gasteiger partial charge on any atom is -0.310 e. The zero-order chi connectivity index (χ0) is 15.2. The van der Waals surface area contributed by atoms with E-state index in [4.69, 9.17) is 6.42 Å². The van der Waals surface area contributed by atoms with E-state index in [1.54, 1.807) is 0 Å². The van der Waals surface area contributed by atoms with Crippen molar-refractivity contribution in [1.29, 1.82) is 0 Å². The van der Waals surface area contributed by atoms with Crippen molar-refractivity contribution in [3.63, 3.8) is 0 Å². The summed E-state index contributed by atoms with van der Waals surface area (Å²) in [6.45, 7) is 2.51. The van der Waals surface area contributed by atoms with E-state index in [-0.39, 0.29) is 5.56 Å². The molecule has 0 radical (unpaired) electrons. The average Bonchev–Trinajstić information content (AvgIpc) is 2.39. The van der Waals surface area contributed by atoms with Crippen LogP contribution in [-0.2, 0) is 6.18 Å². The Hall–Kier alpha value is -1.54. The smallest absolute Gasteiger partial charge is 0.310 e. The number of alkyl halides is 3. The molecular formula is C15H17F4N. The SMILES string of the molecule is C#CCCC(NCCC)c1cc(C(F)(F)F)ccc1F. The van der Waals surface area contributed by atoms with E-state index < -0.39 is 23.6 Å². The van der Waals surface area contributed by atoms with Gasteiger partial charge in [0, 0.05) is 18.0 Å².